The third kappa shape index (κ3) is 25.0. The lowest BCUT2D eigenvalue weighted by molar-refractivity contribution is -0.404. The second-order valence-electron chi connectivity index (χ2n) is 28.4. The summed E-state index contributed by atoms with van der Waals surface area (Å²) in [5.74, 6) is -0.995. The van der Waals surface area contributed by atoms with E-state index in [9.17, 15) is 4.79 Å². The molecule has 0 spiro atoms. The minimum absolute atomic E-state index is 0.0319. The molecule has 3 aliphatic rings. The fraction of sp³-hybridized carbons (Fsp3) is 0.347. The normalized spacial score (nSPS) is 23.5. The van der Waals surface area contributed by atoms with Gasteiger partial charge in [0, 0.05) is 13.0 Å². The average molecular weight is 1550 g/mol. The van der Waals surface area contributed by atoms with Gasteiger partial charge >= 0.3 is 11.9 Å². The van der Waals surface area contributed by atoms with Crippen molar-refractivity contribution in [1.82, 2.24) is 0 Å². The molecule has 0 aromatic heterocycles. The van der Waals surface area contributed by atoms with Crippen LogP contribution in [-0.2, 0) is 145 Å². The van der Waals surface area contributed by atoms with Crippen LogP contribution in [-0.4, -0.2) is 138 Å². The molecule has 3 heterocycles. The summed E-state index contributed by atoms with van der Waals surface area (Å²) >= 11 is 0. The molecular weight excluding hydrogens is 1450 g/mol. The summed E-state index contributed by atoms with van der Waals surface area (Å²) in [6.07, 6.45) is -15.8. The van der Waals surface area contributed by atoms with E-state index in [-0.39, 0.29) is 104 Å². The first-order chi connectivity index (χ1) is 56.3. The predicted molar refractivity (Wildman–Crippen MR) is 426 cm³/mol. The molecular formula is C95H102O19. The first-order valence-electron chi connectivity index (χ1n) is 39.3. The zero-order valence-electron chi connectivity index (χ0n) is 64.3. The summed E-state index contributed by atoms with van der Waals surface area (Å²) in [5, 5.41) is 0. The summed E-state index contributed by atoms with van der Waals surface area (Å²) in [7, 11) is 1.39. The fourth-order valence-corrected chi connectivity index (χ4v) is 14.1. The zero-order valence-corrected chi connectivity index (χ0v) is 64.3. The number of carbonyl (C=O) groups excluding carboxylic acids is 2. The molecule has 3 aliphatic heterocycles. The molecule has 0 aliphatic carbocycles. The average Bonchev–Trinajstić information content (AvgIpc) is 0.759. The number of rotatable bonds is 43. The van der Waals surface area contributed by atoms with E-state index in [4.69, 9.17) is 80.5 Å². The third-order valence-electron chi connectivity index (χ3n) is 20.0. The molecule has 596 valence electrons. The van der Waals surface area contributed by atoms with Crippen LogP contribution in [0.2, 0.25) is 0 Å². The van der Waals surface area contributed by atoms with Crippen LogP contribution in [0.15, 0.2) is 303 Å². The van der Waals surface area contributed by atoms with Gasteiger partial charge in [0.15, 0.2) is 25.0 Å². The Kier molecular flexibility index (Phi) is 32.6. The largest absolute Gasteiger partial charge is 0.469 e. The Bertz CT molecular complexity index is 4300. The van der Waals surface area contributed by atoms with Gasteiger partial charge in [0.2, 0.25) is 0 Å². The van der Waals surface area contributed by atoms with Crippen LogP contribution in [0.1, 0.15) is 86.1 Å². The SMILES string of the molecule is COC(=O)CCCCCO[C@H]1O[C@H](COCc2ccccc2)[C@@H](OCc2ccccc2)[C@H](OCc2ccccc2)[C@@H]1O[C@H]1O[C@H](COCc2ccccc2)[C@@H](OCc2ccccc2)[C@H](OCc2ccccc2)[C@@H]1O[C@H]1O[C@H](COCc2ccccc2)[C@@H](OCc2ccccc2)[C@H](OCc2ccccc2)[C@@H]1OC(=O)c1ccccc1. The molecule has 0 bridgehead atoms. The molecule has 19 heteroatoms. The van der Waals surface area contributed by atoms with E-state index >= 15 is 4.79 Å². The Labute approximate surface area is 668 Å². The molecule has 0 N–H and O–H groups in total. The maximum atomic E-state index is 15.4. The van der Waals surface area contributed by atoms with Gasteiger partial charge in [-0.3, -0.25) is 4.79 Å². The smallest absolute Gasteiger partial charge is 0.338 e. The quantitative estimate of drug-likeness (QED) is 0.0259. The van der Waals surface area contributed by atoms with E-state index in [0.29, 0.717) is 19.3 Å². The molecule has 0 saturated carbocycles. The van der Waals surface area contributed by atoms with Crippen LogP contribution in [0.3, 0.4) is 0 Å². The maximum Gasteiger partial charge on any atom is 0.338 e. The van der Waals surface area contributed by atoms with Gasteiger partial charge < -0.3 is 80.5 Å². The Balaban J connectivity index is 0.973. The standard InChI is InChI=1S/C95H102O19/c1-98-82(96)55-33-12-34-56-102-93-89(86(106-63-75-47-25-8-26-48-75)83(103-60-72-41-19-5-20-42-72)79(109-93)66-99-57-69-35-13-2-14-36-69)113-95-91(88(108-65-77-51-29-10-30-52-77)85(105-62-74-45-23-7-24-46-74)81(111-95)68-101-59-71-39-17-4-18-40-71)114-94-90(112-92(97)78-53-31-11-32-54-78)87(107-64-76-49-27-9-28-50-76)84(104-61-73-43-21-6-22-44-73)80(110-94)67-100-58-70-37-15-3-16-38-70/h2-11,13-32,35-54,79-81,83-91,93-95H,12,33-34,55-68H2,1H3/t79-,80-,81-,83-,84-,85-,86+,87+,88+,89+,90+,91+,93+,94-,95-/m1/s1. The summed E-state index contributed by atoms with van der Waals surface area (Å²) in [6, 6.07) is 97.4. The van der Waals surface area contributed by atoms with Gasteiger partial charge in [0.05, 0.1) is 92.0 Å². The summed E-state index contributed by atoms with van der Waals surface area (Å²) in [4.78, 5) is 27.8. The number of methoxy groups -OCH3 is 1. The van der Waals surface area contributed by atoms with Gasteiger partial charge in [-0.05, 0) is 75.0 Å². The highest BCUT2D eigenvalue weighted by Crippen LogP contribution is 2.40. The van der Waals surface area contributed by atoms with Gasteiger partial charge in [-0.2, -0.15) is 0 Å². The van der Waals surface area contributed by atoms with Crippen LogP contribution >= 0.6 is 0 Å². The maximum absolute atomic E-state index is 15.4. The van der Waals surface area contributed by atoms with Crippen molar-refractivity contribution in [2.24, 2.45) is 0 Å². The Morgan fingerprint density at radius 2 is 0.535 bits per heavy atom. The zero-order chi connectivity index (χ0) is 78.0. The number of carbonyl (C=O) groups is 2. The molecule has 19 nitrogen and oxygen atoms in total. The van der Waals surface area contributed by atoms with Crippen molar-refractivity contribution in [3.8, 4) is 0 Å². The fourth-order valence-electron chi connectivity index (χ4n) is 14.1. The molecule has 3 saturated heterocycles. The topological polar surface area (TPSA) is 191 Å². The highest BCUT2D eigenvalue weighted by atomic mass is 16.8. The molecule has 10 aromatic carbocycles. The minimum Gasteiger partial charge on any atom is -0.469 e. The van der Waals surface area contributed by atoms with Crippen LogP contribution < -0.4 is 0 Å². The van der Waals surface area contributed by atoms with E-state index in [1.165, 1.54) is 7.11 Å². The molecule has 3 fully saturated rings. The molecule has 114 heavy (non-hydrogen) atoms. The lowest BCUT2D eigenvalue weighted by atomic mass is 9.95. The lowest BCUT2D eigenvalue weighted by Crippen LogP contribution is -2.68. The number of hydrogen-bond acceptors (Lipinski definition) is 19. The summed E-state index contributed by atoms with van der Waals surface area (Å²) in [6.45, 7) is 1.27. The first-order valence-corrected chi connectivity index (χ1v) is 39.3. The van der Waals surface area contributed by atoms with Crippen molar-refractivity contribution in [3.05, 3.63) is 359 Å². The van der Waals surface area contributed by atoms with Crippen LogP contribution in [0.25, 0.3) is 0 Å². The molecule has 10 aromatic rings. The van der Waals surface area contributed by atoms with Gasteiger partial charge in [-0.25, -0.2) is 4.79 Å². The van der Waals surface area contributed by atoms with E-state index in [1.807, 2.05) is 279 Å². The van der Waals surface area contributed by atoms with Crippen LogP contribution in [0.5, 0.6) is 0 Å². The third-order valence-corrected chi connectivity index (χ3v) is 20.0. The van der Waals surface area contributed by atoms with Crippen molar-refractivity contribution >= 4 is 11.9 Å². The van der Waals surface area contributed by atoms with E-state index in [0.717, 1.165) is 50.1 Å². The first kappa shape index (κ1) is 82.5. The molecule has 0 unspecified atom stereocenters. The van der Waals surface area contributed by atoms with Gasteiger partial charge in [0.25, 0.3) is 0 Å². The highest BCUT2D eigenvalue weighted by molar-refractivity contribution is 5.89. The second-order valence-corrected chi connectivity index (χ2v) is 28.4. The summed E-state index contributed by atoms with van der Waals surface area (Å²) < 4.78 is 122. The van der Waals surface area contributed by atoms with Crippen molar-refractivity contribution in [3.63, 3.8) is 0 Å². The lowest BCUT2D eigenvalue weighted by Gasteiger charge is -2.52. The molecule has 0 amide bonds. The van der Waals surface area contributed by atoms with E-state index in [2.05, 4.69) is 0 Å². The van der Waals surface area contributed by atoms with Gasteiger partial charge in [-0.15, -0.1) is 0 Å². The number of esters is 2. The molecule has 15 atom stereocenters. The van der Waals surface area contributed by atoms with Crippen molar-refractivity contribution in [1.29, 1.82) is 0 Å². The van der Waals surface area contributed by atoms with Crippen molar-refractivity contribution in [2.75, 3.05) is 33.5 Å². The molecule has 13 rings (SSSR count). The number of benzene rings is 10. The van der Waals surface area contributed by atoms with Crippen molar-refractivity contribution in [2.45, 2.75) is 177 Å². The van der Waals surface area contributed by atoms with Crippen LogP contribution in [0.4, 0.5) is 0 Å². The Morgan fingerprint density at radius 3 is 0.851 bits per heavy atom. The Morgan fingerprint density at radius 1 is 0.272 bits per heavy atom. The Hall–Kier alpha value is -9.46. The number of unbranched alkanes of at least 4 members (excludes halogenated alkanes) is 2. The van der Waals surface area contributed by atoms with Gasteiger partial charge in [-0.1, -0.05) is 298 Å². The number of hydrogen-bond donors (Lipinski definition) is 0. The second kappa shape index (κ2) is 45.0. The number of ether oxygens (including phenoxy) is 17. The molecule has 0 radical (unpaired) electrons. The van der Waals surface area contributed by atoms with E-state index in [1.54, 1.807) is 24.3 Å². The van der Waals surface area contributed by atoms with Crippen molar-refractivity contribution < 1.29 is 90.1 Å². The minimum atomic E-state index is -1.58. The predicted octanol–water partition coefficient (Wildman–Crippen LogP) is 16.1. The van der Waals surface area contributed by atoms with E-state index < -0.39 is 98.1 Å². The summed E-state index contributed by atoms with van der Waals surface area (Å²) in [5.41, 5.74) is 8.24. The van der Waals surface area contributed by atoms with Gasteiger partial charge in [0.1, 0.15) is 67.1 Å². The monoisotopic (exact) mass is 1550 g/mol. The van der Waals surface area contributed by atoms with Crippen LogP contribution in [0, 0.1) is 0 Å². The highest BCUT2D eigenvalue weighted by Gasteiger charge is 2.58.